The van der Waals surface area contributed by atoms with Gasteiger partial charge in [0.1, 0.15) is 16.3 Å². The Labute approximate surface area is 267 Å². The summed E-state index contributed by atoms with van der Waals surface area (Å²) in [6.07, 6.45) is 9.56. The Morgan fingerprint density at radius 3 is 2.55 bits per heavy atom. The Balaban J connectivity index is 1.73. The van der Waals surface area contributed by atoms with Crippen molar-refractivity contribution in [2.24, 2.45) is 10.9 Å². The number of aromatic nitrogens is 1. The summed E-state index contributed by atoms with van der Waals surface area (Å²) in [6.45, 7) is 16.2. The standard InChI is InChI=1S/C35H52N6O2S/c1-8-14-29-28(24-36-26(5)39(20-9-2)21-13-15-25(4)10-3)33(42)32(34-41(29)30-16-11-12-17-31(30)44-34)37-35(43)40-22-18-27(19-23-40)38(6)7/h11-12,16-17,24-25,27H,5,8-10,13-15,18-23H2,1-4,6-7H3,(H,37,43)/b36-24-/t25-/m1/s1. The number of likely N-dealkylation sites (tertiary alicyclic amines) is 1. The summed E-state index contributed by atoms with van der Waals surface area (Å²) in [5.41, 5.74) is 2.62. The van der Waals surface area contributed by atoms with E-state index in [1.54, 1.807) is 17.6 Å². The smallest absolute Gasteiger partial charge is 0.322 e. The highest BCUT2D eigenvalue weighted by Crippen LogP contribution is 2.33. The van der Waals surface area contributed by atoms with E-state index in [4.69, 9.17) is 4.99 Å². The van der Waals surface area contributed by atoms with Gasteiger partial charge in [-0.2, -0.15) is 0 Å². The van der Waals surface area contributed by atoms with Crippen LogP contribution in [0.2, 0.25) is 0 Å². The van der Waals surface area contributed by atoms with E-state index in [9.17, 15) is 9.59 Å². The SMILES string of the molecule is C=C(/N=C\c1c(CCC)n2c(sc3ccccc32)c(NC(=O)N2CCC(N(C)C)CC2)c1=O)N(CCC)CCC[C@H](C)CC. The number of thiazole rings is 1. The van der Waals surface area contributed by atoms with Crippen molar-refractivity contribution in [3.63, 3.8) is 0 Å². The van der Waals surface area contributed by atoms with E-state index in [2.05, 4.69) is 80.0 Å². The summed E-state index contributed by atoms with van der Waals surface area (Å²) in [5, 5.41) is 3.07. The molecule has 1 atom stereocenters. The van der Waals surface area contributed by atoms with Crippen molar-refractivity contribution < 1.29 is 4.79 Å². The van der Waals surface area contributed by atoms with Crippen LogP contribution in [-0.2, 0) is 6.42 Å². The van der Waals surface area contributed by atoms with E-state index in [-0.39, 0.29) is 11.5 Å². The Morgan fingerprint density at radius 1 is 1.16 bits per heavy atom. The highest BCUT2D eigenvalue weighted by molar-refractivity contribution is 7.24. The van der Waals surface area contributed by atoms with E-state index >= 15 is 0 Å². The Kier molecular flexibility index (Phi) is 12.0. The number of carbonyl (C=O) groups excluding carboxylic acids is 1. The molecular weight excluding hydrogens is 568 g/mol. The van der Waals surface area contributed by atoms with Crippen molar-refractivity contribution in [1.29, 1.82) is 0 Å². The van der Waals surface area contributed by atoms with Crippen LogP contribution in [0.15, 0.2) is 46.5 Å². The third-order valence-electron chi connectivity index (χ3n) is 9.01. The summed E-state index contributed by atoms with van der Waals surface area (Å²) in [5.74, 6) is 1.37. The third kappa shape index (κ3) is 7.72. The molecule has 1 N–H and O–H groups in total. The van der Waals surface area contributed by atoms with Gasteiger partial charge in [0.2, 0.25) is 5.43 Å². The number of hydrogen-bond donors (Lipinski definition) is 1. The van der Waals surface area contributed by atoms with E-state index in [0.717, 1.165) is 65.9 Å². The fourth-order valence-corrected chi connectivity index (χ4v) is 7.26. The molecule has 9 heteroatoms. The van der Waals surface area contributed by atoms with Gasteiger partial charge in [0.05, 0.1) is 15.8 Å². The Hall–Kier alpha value is -3.17. The molecule has 3 aromatic rings. The maximum Gasteiger partial charge on any atom is 0.322 e. The number of fused-ring (bicyclic) bond motifs is 3. The molecule has 240 valence electrons. The number of rotatable bonds is 14. The zero-order valence-corrected chi connectivity index (χ0v) is 28.5. The van der Waals surface area contributed by atoms with Gasteiger partial charge in [-0.3, -0.25) is 4.79 Å². The van der Waals surface area contributed by atoms with Gasteiger partial charge in [-0.05, 0) is 70.7 Å². The quantitative estimate of drug-likeness (QED) is 0.190. The second-order valence-corrected chi connectivity index (χ2v) is 13.5. The molecule has 1 fully saturated rings. The predicted molar refractivity (Wildman–Crippen MR) is 188 cm³/mol. The second kappa shape index (κ2) is 15.7. The maximum absolute atomic E-state index is 14.3. The van der Waals surface area contributed by atoms with Crippen molar-refractivity contribution in [3.8, 4) is 0 Å². The number of aliphatic imine (C=N–C) groups is 1. The third-order valence-corrected chi connectivity index (χ3v) is 10.2. The molecule has 0 bridgehead atoms. The molecular formula is C35H52N6O2S. The number of nitrogens with one attached hydrogen (secondary N) is 1. The van der Waals surface area contributed by atoms with Crippen LogP contribution in [-0.4, -0.2) is 77.7 Å². The number of urea groups is 1. The summed E-state index contributed by atoms with van der Waals surface area (Å²) in [7, 11) is 4.17. The number of nitrogens with zero attached hydrogens (tertiary/aromatic N) is 5. The van der Waals surface area contributed by atoms with Crippen LogP contribution in [0.4, 0.5) is 10.5 Å². The Bertz CT molecular complexity index is 1510. The minimum absolute atomic E-state index is 0.188. The van der Waals surface area contributed by atoms with E-state index in [1.165, 1.54) is 12.8 Å². The number of hydrogen-bond acceptors (Lipinski definition) is 6. The monoisotopic (exact) mass is 620 g/mol. The normalized spacial score (nSPS) is 15.1. The fraction of sp³-hybridized carbons (Fsp3) is 0.571. The topological polar surface area (TPSA) is 72.7 Å². The minimum atomic E-state index is -0.218. The first-order valence-corrected chi connectivity index (χ1v) is 17.3. The van der Waals surface area contributed by atoms with Crippen molar-refractivity contribution >= 4 is 44.3 Å². The highest BCUT2D eigenvalue weighted by Gasteiger charge is 2.27. The number of para-hydroxylation sites is 1. The molecule has 8 nitrogen and oxygen atoms in total. The van der Waals surface area contributed by atoms with Crippen LogP contribution in [0, 0.1) is 5.92 Å². The second-order valence-electron chi connectivity index (χ2n) is 12.5. The van der Waals surface area contributed by atoms with Gasteiger partial charge in [0.25, 0.3) is 0 Å². The van der Waals surface area contributed by atoms with Crippen LogP contribution in [0.25, 0.3) is 15.0 Å². The van der Waals surface area contributed by atoms with E-state index in [1.807, 2.05) is 17.0 Å². The van der Waals surface area contributed by atoms with E-state index in [0.29, 0.717) is 48.5 Å². The first-order chi connectivity index (χ1) is 21.2. The van der Waals surface area contributed by atoms with Crippen LogP contribution >= 0.6 is 11.3 Å². The molecule has 1 aliphatic heterocycles. The van der Waals surface area contributed by atoms with Crippen molar-refractivity contribution in [2.45, 2.75) is 85.1 Å². The average molecular weight is 621 g/mol. The molecule has 3 heterocycles. The van der Waals surface area contributed by atoms with Crippen LogP contribution in [0.1, 0.15) is 83.9 Å². The number of pyridine rings is 1. The first-order valence-electron chi connectivity index (χ1n) is 16.5. The molecule has 2 amide bonds. The van der Waals surface area contributed by atoms with Crippen molar-refractivity contribution in [2.75, 3.05) is 45.6 Å². The zero-order valence-electron chi connectivity index (χ0n) is 27.7. The van der Waals surface area contributed by atoms with Crippen LogP contribution < -0.4 is 10.7 Å². The van der Waals surface area contributed by atoms with Crippen LogP contribution in [0.5, 0.6) is 0 Å². The number of benzene rings is 1. The molecule has 0 unspecified atom stereocenters. The average Bonchev–Trinajstić information content (AvgIpc) is 3.41. The van der Waals surface area contributed by atoms with Crippen molar-refractivity contribution in [3.05, 3.63) is 58.1 Å². The molecule has 4 rings (SSSR count). The minimum Gasteiger partial charge on any atom is -0.357 e. The maximum atomic E-state index is 14.3. The van der Waals surface area contributed by atoms with Gasteiger partial charge in [-0.25, -0.2) is 9.79 Å². The van der Waals surface area contributed by atoms with Gasteiger partial charge < -0.3 is 24.4 Å². The first kappa shape index (κ1) is 33.7. The number of aryl methyl sites for hydroxylation is 1. The Morgan fingerprint density at radius 2 is 1.89 bits per heavy atom. The lowest BCUT2D eigenvalue weighted by atomic mass is 10.0. The van der Waals surface area contributed by atoms with Crippen molar-refractivity contribution in [1.82, 2.24) is 19.1 Å². The lowest BCUT2D eigenvalue weighted by Gasteiger charge is -2.35. The molecule has 0 radical (unpaired) electrons. The van der Waals surface area contributed by atoms with Crippen LogP contribution in [0.3, 0.4) is 0 Å². The van der Waals surface area contributed by atoms with Gasteiger partial charge in [0, 0.05) is 44.1 Å². The highest BCUT2D eigenvalue weighted by atomic mass is 32.1. The molecule has 1 aliphatic rings. The number of anilines is 1. The number of amides is 2. The molecule has 1 saturated heterocycles. The van der Waals surface area contributed by atoms with Gasteiger partial charge in [-0.15, -0.1) is 11.3 Å². The lowest BCUT2D eigenvalue weighted by Crippen LogP contribution is -2.46. The lowest BCUT2D eigenvalue weighted by molar-refractivity contribution is 0.156. The molecule has 0 spiro atoms. The molecule has 0 aliphatic carbocycles. The summed E-state index contributed by atoms with van der Waals surface area (Å²) >= 11 is 1.55. The number of carbonyl (C=O) groups is 1. The number of piperidine rings is 1. The molecule has 44 heavy (non-hydrogen) atoms. The summed E-state index contributed by atoms with van der Waals surface area (Å²) in [6, 6.07) is 8.43. The molecule has 2 aromatic heterocycles. The van der Waals surface area contributed by atoms with Gasteiger partial charge in [0.15, 0.2) is 0 Å². The summed E-state index contributed by atoms with van der Waals surface area (Å²) in [4.78, 5) is 39.8. The van der Waals surface area contributed by atoms with Gasteiger partial charge >= 0.3 is 6.03 Å². The molecule has 0 saturated carbocycles. The van der Waals surface area contributed by atoms with Gasteiger partial charge in [-0.1, -0.05) is 59.2 Å². The molecule has 1 aromatic carbocycles. The predicted octanol–water partition coefficient (Wildman–Crippen LogP) is 7.45. The zero-order chi connectivity index (χ0) is 31.8. The fourth-order valence-electron chi connectivity index (χ4n) is 6.09. The van der Waals surface area contributed by atoms with E-state index < -0.39 is 0 Å². The summed E-state index contributed by atoms with van der Waals surface area (Å²) < 4.78 is 3.24. The largest absolute Gasteiger partial charge is 0.357 e.